The monoisotopic (exact) mass is 372 g/mol. The quantitative estimate of drug-likeness (QED) is 0.351. The number of carbonyl (C=O) groups excluding carboxylic acids is 1. The minimum atomic E-state index is -3.08. The lowest BCUT2D eigenvalue weighted by atomic mass is 10.2. The second kappa shape index (κ2) is 5.98. The number of methoxy groups -OCH3 is 1. The fourth-order valence-corrected chi connectivity index (χ4v) is 1.78. The zero-order valence-corrected chi connectivity index (χ0v) is 11.2. The molecular weight excluding hydrogens is 365 g/mol. The van der Waals surface area contributed by atoms with Gasteiger partial charge in [0.15, 0.2) is 5.69 Å². The fraction of sp³-hybridized carbons (Fsp3) is 0.333. The molecule has 1 heterocycles. The Morgan fingerprint density at radius 2 is 2.28 bits per heavy atom. The van der Waals surface area contributed by atoms with Crippen molar-refractivity contribution >= 4 is 34.2 Å². The van der Waals surface area contributed by atoms with Crippen molar-refractivity contribution in [3.8, 4) is 0 Å². The molecule has 0 atom stereocenters. The zero-order chi connectivity index (χ0) is 13.9. The number of ether oxygens (including phenoxy) is 1. The Morgan fingerprint density at radius 3 is 2.72 bits per heavy atom. The van der Waals surface area contributed by atoms with Gasteiger partial charge in [-0.15, -0.1) is 0 Å². The van der Waals surface area contributed by atoms with Crippen molar-refractivity contribution in [2.45, 2.75) is 12.8 Å². The Bertz CT molecular complexity index is 496. The van der Waals surface area contributed by atoms with Gasteiger partial charge in [0.1, 0.15) is 0 Å². The molecule has 0 amide bonds. The van der Waals surface area contributed by atoms with Crippen LogP contribution in [0.3, 0.4) is 0 Å². The summed E-state index contributed by atoms with van der Waals surface area (Å²) in [4.78, 5) is 24.2. The van der Waals surface area contributed by atoms with Crippen molar-refractivity contribution in [2.24, 2.45) is 0 Å². The van der Waals surface area contributed by atoms with Gasteiger partial charge in [-0.1, -0.05) is 0 Å². The van der Waals surface area contributed by atoms with Crippen LogP contribution in [0.5, 0.6) is 0 Å². The number of pyridine rings is 1. The van der Waals surface area contributed by atoms with Gasteiger partial charge >= 0.3 is 5.97 Å². The van der Waals surface area contributed by atoms with Crippen molar-refractivity contribution in [1.82, 2.24) is 4.98 Å². The van der Waals surface area contributed by atoms with Crippen LogP contribution in [0.1, 0.15) is 17.8 Å². The van der Waals surface area contributed by atoms with Crippen LogP contribution in [0.2, 0.25) is 0 Å². The lowest BCUT2D eigenvalue weighted by Crippen LogP contribution is -2.11. The Balaban J connectivity index is 3.27. The van der Waals surface area contributed by atoms with Gasteiger partial charge in [0.25, 0.3) is 12.1 Å². The topological polar surface area (TPSA) is 82.3 Å². The van der Waals surface area contributed by atoms with E-state index in [4.69, 9.17) is 0 Å². The minimum Gasteiger partial charge on any atom is -0.469 e. The summed E-state index contributed by atoms with van der Waals surface area (Å²) in [6, 6.07) is 0.966. The summed E-state index contributed by atoms with van der Waals surface area (Å²) in [5.41, 5.74) is -1.68. The van der Waals surface area contributed by atoms with Crippen LogP contribution in [0, 0.1) is 13.7 Å². The number of carbonyl (C=O) groups is 1. The van der Waals surface area contributed by atoms with Crippen molar-refractivity contribution in [3.63, 3.8) is 0 Å². The van der Waals surface area contributed by atoms with Crippen LogP contribution in [0.15, 0.2) is 6.07 Å². The molecule has 18 heavy (non-hydrogen) atoms. The largest absolute Gasteiger partial charge is 0.469 e. The summed E-state index contributed by atoms with van der Waals surface area (Å²) >= 11 is 1.69. The van der Waals surface area contributed by atoms with Gasteiger partial charge in [0.05, 0.1) is 24.1 Å². The highest BCUT2D eigenvalue weighted by atomic mass is 127. The van der Waals surface area contributed by atoms with Gasteiger partial charge in [0.2, 0.25) is 0 Å². The summed E-state index contributed by atoms with van der Waals surface area (Å²) in [5.74, 6) is -0.658. The molecule has 98 valence electrons. The number of aromatic nitrogens is 1. The molecule has 0 aromatic carbocycles. The maximum atomic E-state index is 12.6. The average molecular weight is 372 g/mol. The summed E-state index contributed by atoms with van der Waals surface area (Å²) in [6.07, 6.45) is -3.40. The Kier molecular flexibility index (Phi) is 4.87. The minimum absolute atomic E-state index is 0.0309. The van der Waals surface area contributed by atoms with E-state index in [-0.39, 0.29) is 15.7 Å². The molecular formula is C9H7F2IN2O4. The number of nitrogens with zero attached hydrogens (tertiary/aromatic N) is 2. The summed E-state index contributed by atoms with van der Waals surface area (Å²) < 4.78 is 29.9. The Hall–Kier alpha value is -1.39. The Labute approximate surface area is 114 Å². The lowest BCUT2D eigenvalue weighted by molar-refractivity contribution is -0.386. The number of esters is 1. The molecule has 0 aliphatic heterocycles. The predicted molar refractivity (Wildman–Crippen MR) is 64.3 cm³/mol. The third-order valence-electron chi connectivity index (χ3n) is 2.00. The zero-order valence-electron chi connectivity index (χ0n) is 9.02. The number of hydrogen-bond acceptors (Lipinski definition) is 5. The highest BCUT2D eigenvalue weighted by Crippen LogP contribution is 2.29. The van der Waals surface area contributed by atoms with E-state index in [1.165, 1.54) is 0 Å². The average Bonchev–Trinajstić information content (AvgIpc) is 2.30. The van der Waals surface area contributed by atoms with E-state index in [0.29, 0.717) is 0 Å². The molecule has 0 aliphatic carbocycles. The van der Waals surface area contributed by atoms with Crippen molar-refractivity contribution in [2.75, 3.05) is 7.11 Å². The molecule has 0 aliphatic rings. The number of rotatable bonds is 4. The molecule has 0 saturated carbocycles. The van der Waals surface area contributed by atoms with E-state index in [0.717, 1.165) is 13.2 Å². The van der Waals surface area contributed by atoms with E-state index < -0.39 is 28.7 Å². The molecule has 0 N–H and O–H groups in total. The van der Waals surface area contributed by atoms with Crippen LogP contribution in [-0.4, -0.2) is 23.0 Å². The second-order valence-electron chi connectivity index (χ2n) is 3.13. The van der Waals surface area contributed by atoms with Crippen LogP contribution in [-0.2, 0) is 16.0 Å². The molecule has 0 spiro atoms. The molecule has 0 fully saturated rings. The highest BCUT2D eigenvalue weighted by Gasteiger charge is 2.26. The van der Waals surface area contributed by atoms with E-state index in [1.54, 1.807) is 22.6 Å². The van der Waals surface area contributed by atoms with Gasteiger partial charge in [-0.2, -0.15) is 0 Å². The van der Waals surface area contributed by atoms with Crippen molar-refractivity contribution in [3.05, 3.63) is 31.1 Å². The van der Waals surface area contributed by atoms with Crippen LogP contribution in [0.4, 0.5) is 14.5 Å². The van der Waals surface area contributed by atoms with E-state index in [1.807, 2.05) is 0 Å². The molecule has 0 radical (unpaired) electrons. The number of alkyl halides is 2. The lowest BCUT2D eigenvalue weighted by Gasteiger charge is -2.06. The van der Waals surface area contributed by atoms with Gasteiger partial charge in [0, 0.05) is 9.64 Å². The van der Waals surface area contributed by atoms with Gasteiger partial charge in [-0.25, -0.2) is 13.8 Å². The third-order valence-corrected chi connectivity index (χ3v) is 2.93. The summed E-state index contributed by atoms with van der Waals surface area (Å²) in [7, 11) is 1.15. The smallest absolute Gasteiger partial charge is 0.311 e. The van der Waals surface area contributed by atoms with Crippen LogP contribution < -0.4 is 0 Å². The first-order valence-electron chi connectivity index (χ1n) is 4.55. The SMILES string of the molecule is COC(=O)Cc1nc(C(F)F)c([N+](=O)[O-])cc1I. The molecule has 0 bridgehead atoms. The van der Waals surface area contributed by atoms with Gasteiger partial charge in [-0.3, -0.25) is 14.9 Å². The Morgan fingerprint density at radius 1 is 1.67 bits per heavy atom. The van der Waals surface area contributed by atoms with Crippen LogP contribution in [0.25, 0.3) is 0 Å². The first-order chi connectivity index (χ1) is 8.36. The molecule has 1 aromatic heterocycles. The standard InChI is InChI=1S/C9H7F2IN2O4/c1-18-7(15)3-5-4(12)2-6(14(16)17)8(13-5)9(10)11/h2,9H,3H2,1H3. The number of nitro groups is 1. The van der Waals surface area contributed by atoms with E-state index in [9.17, 15) is 23.7 Å². The summed E-state index contributed by atoms with van der Waals surface area (Å²) in [5, 5.41) is 10.6. The van der Waals surface area contributed by atoms with Gasteiger partial charge < -0.3 is 4.74 Å². The normalized spacial score (nSPS) is 10.5. The third kappa shape index (κ3) is 3.31. The van der Waals surface area contributed by atoms with E-state index in [2.05, 4.69) is 9.72 Å². The maximum Gasteiger partial charge on any atom is 0.311 e. The first kappa shape index (κ1) is 14.7. The fourth-order valence-electron chi connectivity index (χ4n) is 1.17. The molecule has 1 aromatic rings. The molecule has 0 saturated heterocycles. The molecule has 9 heteroatoms. The maximum absolute atomic E-state index is 12.6. The van der Waals surface area contributed by atoms with Gasteiger partial charge in [-0.05, 0) is 22.6 Å². The van der Waals surface area contributed by atoms with Crippen molar-refractivity contribution < 1.29 is 23.2 Å². The van der Waals surface area contributed by atoms with Crippen LogP contribution >= 0.6 is 22.6 Å². The predicted octanol–water partition coefficient (Wildman–Crippen LogP) is 2.25. The molecule has 6 nitrogen and oxygen atoms in total. The first-order valence-corrected chi connectivity index (χ1v) is 5.63. The highest BCUT2D eigenvalue weighted by molar-refractivity contribution is 14.1. The van der Waals surface area contributed by atoms with Crippen molar-refractivity contribution in [1.29, 1.82) is 0 Å². The molecule has 1 rings (SSSR count). The van der Waals surface area contributed by atoms with E-state index >= 15 is 0 Å². The second-order valence-corrected chi connectivity index (χ2v) is 4.29. The number of halogens is 3. The summed E-state index contributed by atoms with van der Waals surface area (Å²) in [6.45, 7) is 0. The molecule has 0 unspecified atom stereocenters. The number of hydrogen-bond donors (Lipinski definition) is 0.